The number of fused-ring (bicyclic) bond motifs is 1. The number of hydrogen-bond acceptors (Lipinski definition) is 4. The van der Waals surface area contributed by atoms with Crippen LogP contribution in [0.25, 0.3) is 6.08 Å². The van der Waals surface area contributed by atoms with Gasteiger partial charge in [0.25, 0.3) is 5.56 Å². The van der Waals surface area contributed by atoms with Crippen LogP contribution in [0.1, 0.15) is 22.7 Å². The molecular formula is C24H16BrN3OS. The summed E-state index contributed by atoms with van der Waals surface area (Å²) >= 11 is 4.92. The van der Waals surface area contributed by atoms with Crippen LogP contribution in [-0.2, 0) is 0 Å². The van der Waals surface area contributed by atoms with Gasteiger partial charge in [-0.25, -0.2) is 0 Å². The van der Waals surface area contributed by atoms with E-state index in [0.717, 1.165) is 26.9 Å². The fourth-order valence-electron chi connectivity index (χ4n) is 3.56. The van der Waals surface area contributed by atoms with Crippen LogP contribution in [0.4, 0.5) is 0 Å². The molecule has 1 aliphatic rings. The number of thiazole rings is 1. The second-order valence-electron chi connectivity index (χ2n) is 6.85. The highest BCUT2D eigenvalue weighted by Gasteiger charge is 2.28. The third-order valence-corrected chi connectivity index (χ3v) is 6.67. The van der Waals surface area contributed by atoms with Crippen molar-refractivity contribution in [2.75, 3.05) is 0 Å². The van der Waals surface area contributed by atoms with E-state index in [9.17, 15) is 4.79 Å². The van der Waals surface area contributed by atoms with Crippen LogP contribution in [-0.4, -0.2) is 10.3 Å². The second-order valence-corrected chi connectivity index (χ2v) is 8.72. The van der Waals surface area contributed by atoms with Gasteiger partial charge >= 0.3 is 0 Å². The molecule has 4 aromatic rings. The van der Waals surface area contributed by atoms with Crippen LogP contribution >= 0.6 is 27.3 Å². The predicted octanol–water partition coefficient (Wildman–Crippen LogP) is 4.13. The summed E-state index contributed by atoms with van der Waals surface area (Å²) in [6.07, 6.45) is 1.90. The Morgan fingerprint density at radius 1 is 0.867 bits per heavy atom. The first-order chi connectivity index (χ1) is 14.7. The third kappa shape index (κ3) is 3.38. The van der Waals surface area contributed by atoms with Gasteiger partial charge in [0.05, 0.1) is 10.2 Å². The lowest BCUT2D eigenvalue weighted by molar-refractivity contribution is 0.657. The van der Waals surface area contributed by atoms with Crippen molar-refractivity contribution < 1.29 is 0 Å². The van der Waals surface area contributed by atoms with Gasteiger partial charge in [-0.05, 0) is 23.3 Å². The van der Waals surface area contributed by atoms with E-state index in [1.165, 1.54) is 11.3 Å². The number of halogens is 1. The van der Waals surface area contributed by atoms with Gasteiger partial charge in [0, 0.05) is 10.0 Å². The standard InChI is InChI=1S/C24H16BrN3OS/c25-19-14-8-7-13-18(19)15-20-23(29)28-22(17-11-5-2-6-12-17)21(26-27-24(28)30-20)16-9-3-1-4-10-16/h1-15,22H. The maximum absolute atomic E-state index is 13.5. The molecule has 146 valence electrons. The molecule has 0 radical (unpaired) electrons. The van der Waals surface area contributed by atoms with Gasteiger partial charge in [-0.2, -0.15) is 0 Å². The Labute approximate surface area is 185 Å². The summed E-state index contributed by atoms with van der Waals surface area (Å²) in [6, 6.07) is 27.4. The molecule has 1 atom stereocenters. The van der Waals surface area contributed by atoms with Gasteiger partial charge in [0.1, 0.15) is 6.04 Å². The minimum atomic E-state index is -0.328. The van der Waals surface area contributed by atoms with E-state index in [4.69, 9.17) is 0 Å². The molecule has 0 saturated carbocycles. The topological polar surface area (TPSA) is 46.7 Å². The molecule has 0 bridgehead atoms. The van der Waals surface area contributed by atoms with Gasteiger partial charge in [0.15, 0.2) is 0 Å². The molecule has 5 rings (SSSR count). The smallest absolute Gasteiger partial charge is 0.268 e. The maximum atomic E-state index is 13.5. The van der Waals surface area contributed by atoms with Gasteiger partial charge in [-0.1, -0.05) is 106 Å². The molecule has 1 aromatic heterocycles. The number of hydrogen-bond donors (Lipinski definition) is 0. The fourth-order valence-corrected chi connectivity index (χ4v) is 4.89. The van der Waals surface area contributed by atoms with E-state index >= 15 is 0 Å². The Morgan fingerprint density at radius 2 is 1.53 bits per heavy atom. The lowest BCUT2D eigenvalue weighted by Crippen LogP contribution is -2.40. The molecule has 6 heteroatoms. The minimum absolute atomic E-state index is 0.0633. The molecule has 0 saturated heterocycles. The minimum Gasteiger partial charge on any atom is -0.268 e. The summed E-state index contributed by atoms with van der Waals surface area (Å²) in [4.78, 5) is 14.1. The first-order valence-corrected chi connectivity index (χ1v) is 11.1. The first kappa shape index (κ1) is 18.9. The van der Waals surface area contributed by atoms with Gasteiger partial charge in [-0.15, -0.1) is 10.2 Å². The van der Waals surface area contributed by atoms with E-state index in [1.807, 2.05) is 91.0 Å². The van der Waals surface area contributed by atoms with Crippen molar-refractivity contribution in [3.05, 3.63) is 126 Å². The average Bonchev–Trinajstić information content (AvgIpc) is 3.11. The largest absolute Gasteiger partial charge is 0.271 e. The van der Waals surface area contributed by atoms with Crippen LogP contribution in [0.15, 0.2) is 104 Å². The SMILES string of the molecule is O=c1c(=Cc2ccccc2Br)sc2n1C(c1ccccc1)C(c1ccccc1)=NN=2. The van der Waals surface area contributed by atoms with Crippen LogP contribution in [0.3, 0.4) is 0 Å². The Balaban J connectivity index is 1.74. The molecule has 0 aliphatic carbocycles. The Kier molecular flexibility index (Phi) is 5.02. The van der Waals surface area contributed by atoms with E-state index in [0.29, 0.717) is 9.33 Å². The molecule has 0 fully saturated rings. The van der Waals surface area contributed by atoms with Gasteiger partial charge < -0.3 is 0 Å². The summed E-state index contributed by atoms with van der Waals surface area (Å²) in [6.45, 7) is 0. The lowest BCUT2D eigenvalue weighted by atomic mass is 9.96. The molecule has 1 unspecified atom stereocenters. The summed E-state index contributed by atoms with van der Waals surface area (Å²) in [5.41, 5.74) is 3.61. The Morgan fingerprint density at radius 3 is 2.27 bits per heavy atom. The number of aromatic nitrogens is 1. The Hall–Kier alpha value is -3.09. The number of rotatable bonds is 3. The van der Waals surface area contributed by atoms with Crippen LogP contribution in [0.5, 0.6) is 0 Å². The summed E-state index contributed by atoms with van der Waals surface area (Å²) in [5.74, 6) is 0. The summed E-state index contributed by atoms with van der Waals surface area (Å²) in [5, 5.41) is 8.96. The van der Waals surface area contributed by atoms with Crippen molar-refractivity contribution in [1.82, 2.24) is 4.57 Å². The van der Waals surface area contributed by atoms with Crippen molar-refractivity contribution in [1.29, 1.82) is 0 Å². The molecular weight excluding hydrogens is 458 g/mol. The lowest BCUT2D eigenvalue weighted by Gasteiger charge is -2.22. The summed E-state index contributed by atoms with van der Waals surface area (Å²) < 4.78 is 3.34. The zero-order chi connectivity index (χ0) is 20.5. The Bertz CT molecular complexity index is 1420. The predicted molar refractivity (Wildman–Crippen MR) is 125 cm³/mol. The molecule has 1 aliphatic heterocycles. The molecule has 0 amide bonds. The first-order valence-electron chi connectivity index (χ1n) is 9.46. The highest BCUT2D eigenvalue weighted by atomic mass is 79.9. The maximum Gasteiger partial charge on any atom is 0.271 e. The molecule has 3 aromatic carbocycles. The number of nitrogens with zero attached hydrogens (tertiary/aromatic N) is 3. The molecule has 0 spiro atoms. The van der Waals surface area contributed by atoms with E-state index in [2.05, 4.69) is 26.1 Å². The van der Waals surface area contributed by atoms with Crippen LogP contribution in [0, 0.1) is 0 Å². The van der Waals surface area contributed by atoms with Gasteiger partial charge in [0.2, 0.25) is 4.80 Å². The van der Waals surface area contributed by atoms with E-state index in [-0.39, 0.29) is 11.6 Å². The fraction of sp³-hybridized carbons (Fsp3) is 0.0417. The quantitative estimate of drug-likeness (QED) is 0.441. The van der Waals surface area contributed by atoms with Crippen molar-refractivity contribution in [2.24, 2.45) is 10.2 Å². The zero-order valence-electron chi connectivity index (χ0n) is 15.8. The van der Waals surface area contributed by atoms with E-state index < -0.39 is 0 Å². The third-order valence-electron chi connectivity index (χ3n) is 4.97. The highest BCUT2D eigenvalue weighted by molar-refractivity contribution is 9.10. The normalized spacial score (nSPS) is 16.0. The zero-order valence-corrected chi connectivity index (χ0v) is 18.2. The van der Waals surface area contributed by atoms with Crippen molar-refractivity contribution in [3.8, 4) is 0 Å². The van der Waals surface area contributed by atoms with Crippen LogP contribution in [0.2, 0.25) is 0 Å². The summed E-state index contributed by atoms with van der Waals surface area (Å²) in [7, 11) is 0. The van der Waals surface area contributed by atoms with E-state index in [1.54, 1.807) is 4.57 Å². The van der Waals surface area contributed by atoms with Crippen molar-refractivity contribution in [2.45, 2.75) is 6.04 Å². The average molecular weight is 474 g/mol. The molecule has 0 N–H and O–H groups in total. The highest BCUT2D eigenvalue weighted by Crippen LogP contribution is 2.24. The van der Waals surface area contributed by atoms with Crippen molar-refractivity contribution >= 4 is 39.1 Å². The van der Waals surface area contributed by atoms with Crippen LogP contribution < -0.4 is 14.9 Å². The van der Waals surface area contributed by atoms with Gasteiger partial charge in [-0.3, -0.25) is 9.36 Å². The van der Waals surface area contributed by atoms with Crippen molar-refractivity contribution in [3.63, 3.8) is 0 Å². The molecule has 30 heavy (non-hydrogen) atoms. The monoisotopic (exact) mass is 473 g/mol. The molecule has 2 heterocycles. The number of benzene rings is 3. The molecule has 4 nitrogen and oxygen atoms in total. The second kappa shape index (κ2) is 7.97.